The van der Waals surface area contributed by atoms with Crippen LogP contribution in [0.15, 0.2) is 30.3 Å². The van der Waals surface area contributed by atoms with Crippen molar-refractivity contribution in [1.82, 2.24) is 20.0 Å². The van der Waals surface area contributed by atoms with E-state index in [4.69, 9.17) is 0 Å². The highest BCUT2D eigenvalue weighted by Gasteiger charge is 2.29. The molecule has 2 aromatic rings. The van der Waals surface area contributed by atoms with Crippen molar-refractivity contribution < 1.29 is 22.4 Å². The molecular formula is C19H24FN5O4S. The molecule has 3 rings (SSSR count). The fourth-order valence-electron chi connectivity index (χ4n) is 3.28. The molecule has 2 heterocycles. The van der Waals surface area contributed by atoms with Crippen molar-refractivity contribution in [2.75, 3.05) is 37.0 Å². The number of nitrogens with one attached hydrogen (secondary N) is 2. The molecular weight excluding hydrogens is 413 g/mol. The summed E-state index contributed by atoms with van der Waals surface area (Å²) >= 11 is 0. The average Bonchev–Trinajstić information content (AvgIpc) is 3.16. The number of carbonyl (C=O) groups excluding carboxylic acids is 2. The van der Waals surface area contributed by atoms with Crippen LogP contribution in [-0.4, -0.2) is 72.6 Å². The summed E-state index contributed by atoms with van der Waals surface area (Å²) in [7, 11) is -1.45. The lowest BCUT2D eigenvalue weighted by Gasteiger charge is -2.18. The minimum Gasteiger partial charge on any atom is -0.351 e. The third-order valence-corrected chi connectivity index (χ3v) is 6.36. The lowest BCUT2D eigenvalue weighted by molar-refractivity contribution is -0.123. The van der Waals surface area contributed by atoms with Gasteiger partial charge in [0.1, 0.15) is 11.6 Å². The Morgan fingerprint density at radius 1 is 1.23 bits per heavy atom. The van der Waals surface area contributed by atoms with Crippen LogP contribution in [0.4, 0.5) is 10.2 Å². The second-order valence-electron chi connectivity index (χ2n) is 7.45. The zero-order chi connectivity index (χ0) is 21.9. The number of anilines is 1. The van der Waals surface area contributed by atoms with Crippen molar-refractivity contribution in [2.24, 2.45) is 0 Å². The topological polar surface area (TPSA) is 113 Å². The summed E-state index contributed by atoms with van der Waals surface area (Å²) in [5, 5.41) is 9.75. The number of sulfone groups is 1. The van der Waals surface area contributed by atoms with Crippen molar-refractivity contribution in [1.29, 1.82) is 0 Å². The molecule has 0 saturated carbocycles. The van der Waals surface area contributed by atoms with Crippen molar-refractivity contribution in [3.8, 4) is 5.69 Å². The first-order valence-electron chi connectivity index (χ1n) is 9.42. The SMILES string of the molecule is Cc1cc(NC(=O)CN(C)CC(=O)NC2CCS(=O)(=O)C2)n(-c2ccc(F)cc2)n1. The Kier molecular flexibility index (Phi) is 6.52. The Hall–Kier alpha value is -2.79. The third-order valence-electron chi connectivity index (χ3n) is 4.59. The summed E-state index contributed by atoms with van der Waals surface area (Å²) in [6, 6.07) is 7.03. The molecule has 1 aliphatic heterocycles. The van der Waals surface area contributed by atoms with E-state index in [2.05, 4.69) is 15.7 Å². The molecule has 2 amide bonds. The molecule has 1 aromatic carbocycles. The number of aryl methyl sites for hydroxylation is 1. The highest BCUT2D eigenvalue weighted by molar-refractivity contribution is 7.91. The maximum atomic E-state index is 13.2. The molecule has 30 heavy (non-hydrogen) atoms. The summed E-state index contributed by atoms with van der Waals surface area (Å²) < 4.78 is 37.6. The normalized spacial score (nSPS) is 17.8. The molecule has 9 nitrogen and oxygen atoms in total. The largest absolute Gasteiger partial charge is 0.351 e. The Morgan fingerprint density at radius 2 is 1.90 bits per heavy atom. The van der Waals surface area contributed by atoms with Crippen LogP contribution in [0.3, 0.4) is 0 Å². The molecule has 0 spiro atoms. The van der Waals surface area contributed by atoms with Crippen LogP contribution in [0.2, 0.25) is 0 Å². The van der Waals surface area contributed by atoms with Gasteiger partial charge in [-0.3, -0.25) is 14.5 Å². The second-order valence-corrected chi connectivity index (χ2v) is 9.68. The third kappa shape index (κ3) is 5.86. The Balaban J connectivity index is 1.54. The van der Waals surface area contributed by atoms with Crippen LogP contribution >= 0.6 is 0 Å². The van der Waals surface area contributed by atoms with Crippen molar-refractivity contribution >= 4 is 27.5 Å². The van der Waals surface area contributed by atoms with Gasteiger partial charge in [-0.25, -0.2) is 17.5 Å². The number of hydrogen-bond donors (Lipinski definition) is 2. The maximum absolute atomic E-state index is 13.2. The van der Waals surface area contributed by atoms with E-state index in [1.54, 1.807) is 32.2 Å². The van der Waals surface area contributed by atoms with Gasteiger partial charge in [-0.15, -0.1) is 0 Å². The number of rotatable bonds is 7. The maximum Gasteiger partial charge on any atom is 0.239 e. The first kappa shape index (κ1) is 21.9. The van der Waals surface area contributed by atoms with E-state index in [0.717, 1.165) is 0 Å². The van der Waals surface area contributed by atoms with Crippen molar-refractivity contribution in [3.05, 3.63) is 41.8 Å². The van der Waals surface area contributed by atoms with E-state index in [0.29, 0.717) is 23.6 Å². The Bertz CT molecular complexity index is 1040. The molecule has 1 unspecified atom stereocenters. The minimum atomic E-state index is -3.07. The van der Waals surface area contributed by atoms with Crippen LogP contribution in [-0.2, 0) is 19.4 Å². The van der Waals surface area contributed by atoms with Gasteiger partial charge in [0, 0.05) is 12.1 Å². The van der Waals surface area contributed by atoms with E-state index in [-0.39, 0.29) is 48.3 Å². The van der Waals surface area contributed by atoms with Gasteiger partial charge in [-0.2, -0.15) is 5.10 Å². The van der Waals surface area contributed by atoms with Gasteiger partial charge in [0.15, 0.2) is 9.84 Å². The van der Waals surface area contributed by atoms with Gasteiger partial charge in [-0.05, 0) is 44.7 Å². The first-order chi connectivity index (χ1) is 14.1. The fourth-order valence-corrected chi connectivity index (χ4v) is 4.95. The number of aromatic nitrogens is 2. The average molecular weight is 437 g/mol. The number of halogens is 1. The number of likely N-dealkylation sites (N-methyl/N-ethyl adjacent to an activating group) is 1. The highest BCUT2D eigenvalue weighted by Crippen LogP contribution is 2.17. The lowest BCUT2D eigenvalue weighted by Crippen LogP contribution is -2.43. The summed E-state index contributed by atoms with van der Waals surface area (Å²) in [5.74, 6) is -0.592. The summed E-state index contributed by atoms with van der Waals surface area (Å²) in [4.78, 5) is 26.0. The summed E-state index contributed by atoms with van der Waals surface area (Å²) in [5.41, 5.74) is 1.27. The van der Waals surface area contributed by atoms with Gasteiger partial charge < -0.3 is 10.6 Å². The fraction of sp³-hybridized carbons (Fsp3) is 0.421. The van der Waals surface area contributed by atoms with Crippen molar-refractivity contribution in [2.45, 2.75) is 19.4 Å². The molecule has 0 radical (unpaired) electrons. The molecule has 2 N–H and O–H groups in total. The van der Waals surface area contributed by atoms with Crippen LogP contribution in [0.1, 0.15) is 12.1 Å². The van der Waals surface area contributed by atoms with E-state index < -0.39 is 9.84 Å². The minimum absolute atomic E-state index is 0.0414. The van der Waals surface area contributed by atoms with E-state index in [9.17, 15) is 22.4 Å². The standard InChI is InChI=1S/C19H24FN5O4S/c1-13-9-17(25(23-13)16-5-3-14(20)4-6-16)22-19(27)11-24(2)10-18(26)21-15-7-8-30(28,29)12-15/h3-6,9,15H,7-8,10-12H2,1-2H3,(H,21,26)(H,22,27). The van der Waals surface area contributed by atoms with Crippen molar-refractivity contribution in [3.63, 3.8) is 0 Å². The van der Waals surface area contributed by atoms with E-state index in [1.165, 1.54) is 21.7 Å². The molecule has 1 aromatic heterocycles. The predicted molar refractivity (Wildman–Crippen MR) is 110 cm³/mol. The highest BCUT2D eigenvalue weighted by atomic mass is 32.2. The first-order valence-corrected chi connectivity index (χ1v) is 11.2. The molecule has 1 aliphatic rings. The summed E-state index contributed by atoms with van der Waals surface area (Å²) in [6.45, 7) is 1.68. The molecule has 11 heteroatoms. The number of benzene rings is 1. The molecule has 162 valence electrons. The number of hydrogen-bond acceptors (Lipinski definition) is 6. The van der Waals surface area contributed by atoms with E-state index in [1.807, 2.05) is 0 Å². The van der Waals surface area contributed by atoms with Gasteiger partial charge in [-0.1, -0.05) is 0 Å². The number of nitrogens with zero attached hydrogens (tertiary/aromatic N) is 3. The Labute approximate surface area is 174 Å². The summed E-state index contributed by atoms with van der Waals surface area (Å²) in [6.07, 6.45) is 0.408. The van der Waals surface area contributed by atoms with Gasteiger partial charge in [0.05, 0.1) is 36.0 Å². The second kappa shape index (κ2) is 8.92. The van der Waals surface area contributed by atoms with Crippen LogP contribution < -0.4 is 10.6 Å². The van der Waals surface area contributed by atoms with Crippen LogP contribution in [0.25, 0.3) is 5.69 Å². The zero-order valence-corrected chi connectivity index (χ0v) is 17.6. The van der Waals surface area contributed by atoms with Crippen LogP contribution in [0.5, 0.6) is 0 Å². The monoisotopic (exact) mass is 437 g/mol. The Morgan fingerprint density at radius 3 is 2.53 bits per heavy atom. The molecule has 1 saturated heterocycles. The quantitative estimate of drug-likeness (QED) is 0.652. The zero-order valence-electron chi connectivity index (χ0n) is 16.8. The van der Waals surface area contributed by atoms with Gasteiger partial charge in [0.25, 0.3) is 0 Å². The molecule has 1 atom stereocenters. The smallest absolute Gasteiger partial charge is 0.239 e. The predicted octanol–water partition coefficient (Wildman–Crippen LogP) is 0.493. The number of carbonyl (C=O) groups is 2. The van der Waals surface area contributed by atoms with E-state index >= 15 is 0 Å². The molecule has 0 aliphatic carbocycles. The number of amides is 2. The van der Waals surface area contributed by atoms with Gasteiger partial charge in [0.2, 0.25) is 11.8 Å². The molecule has 1 fully saturated rings. The van der Waals surface area contributed by atoms with Gasteiger partial charge >= 0.3 is 0 Å². The van der Waals surface area contributed by atoms with Crippen LogP contribution in [0, 0.1) is 12.7 Å². The lowest BCUT2D eigenvalue weighted by atomic mass is 10.2. The molecule has 0 bridgehead atoms.